The number of rotatable bonds is 9. The van der Waals surface area contributed by atoms with Crippen molar-refractivity contribution in [1.29, 1.82) is 0 Å². The van der Waals surface area contributed by atoms with Gasteiger partial charge in [0.05, 0.1) is 20.5 Å². The number of aromatic nitrogens is 1. The van der Waals surface area contributed by atoms with Gasteiger partial charge < -0.3 is 18.6 Å². The fourth-order valence-electron chi connectivity index (χ4n) is 2.63. The van der Waals surface area contributed by atoms with Crippen LogP contribution in [0.2, 0.25) is 0 Å². The lowest BCUT2D eigenvalue weighted by Gasteiger charge is -2.07. The van der Waals surface area contributed by atoms with Crippen LogP contribution < -0.4 is 18.9 Å². The number of nitrogens with zero attached hydrogens (tertiary/aromatic N) is 1. The van der Waals surface area contributed by atoms with Crippen molar-refractivity contribution in [3.63, 3.8) is 0 Å². The third-order valence-corrected chi connectivity index (χ3v) is 4.73. The highest BCUT2D eigenvalue weighted by molar-refractivity contribution is 7.88. The monoisotopic (exact) mass is 418 g/mol. The number of oxazole rings is 1. The molecule has 2 aromatic carbocycles. The molecular weight excluding hydrogens is 396 g/mol. The second-order valence-electron chi connectivity index (χ2n) is 6.13. The van der Waals surface area contributed by atoms with E-state index in [-0.39, 0.29) is 19.2 Å². The average Bonchev–Trinajstić information content (AvgIpc) is 3.15. The number of hydrogen-bond acceptors (Lipinski definition) is 7. The number of nitrogens with one attached hydrogen (secondary N) is 1. The highest BCUT2D eigenvalue weighted by atomic mass is 32.2. The molecule has 1 N–H and O–H groups in total. The molecule has 3 rings (SSSR count). The predicted octanol–water partition coefficient (Wildman–Crippen LogP) is 2.95. The van der Waals surface area contributed by atoms with Gasteiger partial charge in [0.25, 0.3) is 0 Å². The second-order valence-corrected chi connectivity index (χ2v) is 7.96. The molecule has 29 heavy (non-hydrogen) atoms. The summed E-state index contributed by atoms with van der Waals surface area (Å²) in [5.41, 5.74) is 2.31. The minimum absolute atomic E-state index is 0.165. The first-order valence-electron chi connectivity index (χ1n) is 8.76. The Kier molecular flexibility index (Phi) is 6.40. The third-order valence-electron chi connectivity index (χ3n) is 4.00. The van der Waals surface area contributed by atoms with Gasteiger partial charge in [-0.05, 0) is 48.5 Å². The molecule has 0 amide bonds. The zero-order chi connectivity index (χ0) is 20.9. The third kappa shape index (κ3) is 5.49. The number of hydrogen-bond donors (Lipinski definition) is 1. The van der Waals surface area contributed by atoms with Crippen LogP contribution >= 0.6 is 0 Å². The Morgan fingerprint density at radius 2 is 1.55 bits per heavy atom. The van der Waals surface area contributed by atoms with Gasteiger partial charge in [0.1, 0.15) is 23.8 Å². The molecule has 0 bridgehead atoms. The van der Waals surface area contributed by atoms with Crippen LogP contribution in [-0.4, -0.2) is 47.0 Å². The Morgan fingerprint density at radius 3 is 2.14 bits per heavy atom. The summed E-state index contributed by atoms with van der Waals surface area (Å²) in [7, 11) is -0.120. The Bertz CT molecular complexity index is 1040. The maximum absolute atomic E-state index is 11.1. The van der Waals surface area contributed by atoms with E-state index in [9.17, 15) is 8.42 Å². The molecule has 3 aromatic rings. The molecule has 0 atom stereocenters. The van der Waals surface area contributed by atoms with Crippen LogP contribution in [0.4, 0.5) is 0 Å². The zero-order valence-corrected chi connectivity index (χ0v) is 17.2. The van der Waals surface area contributed by atoms with Gasteiger partial charge in [-0.3, -0.25) is 0 Å². The lowest BCUT2D eigenvalue weighted by molar-refractivity contribution is 0.293. The first-order chi connectivity index (χ1) is 13.9. The van der Waals surface area contributed by atoms with Crippen LogP contribution in [0.3, 0.4) is 0 Å². The topological polar surface area (TPSA) is 99.9 Å². The van der Waals surface area contributed by atoms with E-state index in [1.807, 2.05) is 36.4 Å². The van der Waals surface area contributed by atoms with Gasteiger partial charge in [0.15, 0.2) is 5.76 Å². The van der Waals surface area contributed by atoms with E-state index in [1.54, 1.807) is 19.2 Å². The van der Waals surface area contributed by atoms with Gasteiger partial charge in [-0.25, -0.2) is 13.1 Å². The molecular formula is C20H22N2O6S. The summed E-state index contributed by atoms with van der Waals surface area (Å²) in [5.74, 6) is 1.93. The molecule has 8 nitrogen and oxygen atoms in total. The van der Waals surface area contributed by atoms with Crippen molar-refractivity contribution in [3.05, 3.63) is 48.5 Å². The van der Waals surface area contributed by atoms with Crippen LogP contribution in [-0.2, 0) is 10.0 Å². The van der Waals surface area contributed by atoms with Gasteiger partial charge in [0, 0.05) is 17.7 Å². The summed E-state index contributed by atoms with van der Waals surface area (Å²) in [6.07, 6.45) is 1.27. The molecule has 0 saturated heterocycles. The van der Waals surface area contributed by atoms with Crippen molar-refractivity contribution in [2.45, 2.75) is 0 Å². The SMILES string of the molecule is COc1ccc(-c2nc(OC)oc2-c2ccc(OCCNS(C)(=O)=O)cc2)cc1. The van der Waals surface area contributed by atoms with Gasteiger partial charge in [-0.2, -0.15) is 4.98 Å². The number of benzene rings is 2. The van der Waals surface area contributed by atoms with E-state index in [1.165, 1.54) is 7.11 Å². The molecule has 9 heteroatoms. The summed E-state index contributed by atoms with van der Waals surface area (Å²) >= 11 is 0. The smallest absolute Gasteiger partial charge is 0.394 e. The van der Waals surface area contributed by atoms with Crippen LogP contribution in [0.1, 0.15) is 0 Å². The Labute approximate surface area is 169 Å². The minimum Gasteiger partial charge on any atom is -0.497 e. The lowest BCUT2D eigenvalue weighted by Crippen LogP contribution is -2.26. The van der Waals surface area contributed by atoms with Crippen molar-refractivity contribution in [2.75, 3.05) is 33.6 Å². The van der Waals surface area contributed by atoms with E-state index >= 15 is 0 Å². The summed E-state index contributed by atoms with van der Waals surface area (Å²) in [4.78, 5) is 4.41. The van der Waals surface area contributed by atoms with Crippen molar-refractivity contribution < 1.29 is 27.0 Å². The van der Waals surface area contributed by atoms with Crippen molar-refractivity contribution in [1.82, 2.24) is 9.71 Å². The van der Waals surface area contributed by atoms with Gasteiger partial charge >= 0.3 is 6.08 Å². The zero-order valence-electron chi connectivity index (χ0n) is 16.3. The molecule has 0 unspecified atom stereocenters. The van der Waals surface area contributed by atoms with Crippen molar-refractivity contribution in [3.8, 4) is 40.2 Å². The van der Waals surface area contributed by atoms with Crippen LogP contribution in [0.15, 0.2) is 52.9 Å². The van der Waals surface area contributed by atoms with E-state index in [0.29, 0.717) is 17.2 Å². The summed E-state index contributed by atoms with van der Waals surface area (Å²) in [6, 6.07) is 14.7. The van der Waals surface area contributed by atoms with Crippen LogP contribution in [0.5, 0.6) is 17.6 Å². The molecule has 0 fully saturated rings. The first kappa shape index (κ1) is 20.7. The first-order valence-corrected chi connectivity index (χ1v) is 10.7. The van der Waals surface area contributed by atoms with Crippen molar-refractivity contribution in [2.24, 2.45) is 0 Å². The van der Waals surface area contributed by atoms with Gasteiger partial charge in [-0.15, -0.1) is 0 Å². The van der Waals surface area contributed by atoms with Gasteiger partial charge in [0.2, 0.25) is 10.0 Å². The number of sulfonamides is 1. The fraction of sp³-hybridized carbons (Fsp3) is 0.250. The van der Waals surface area contributed by atoms with Crippen LogP contribution in [0, 0.1) is 0 Å². The molecule has 1 aromatic heterocycles. The summed E-state index contributed by atoms with van der Waals surface area (Å²) in [5, 5.41) is 0. The van der Waals surface area contributed by atoms with E-state index in [0.717, 1.165) is 23.1 Å². The number of ether oxygens (including phenoxy) is 3. The molecule has 0 spiro atoms. The van der Waals surface area contributed by atoms with Crippen LogP contribution in [0.25, 0.3) is 22.6 Å². The highest BCUT2D eigenvalue weighted by Gasteiger charge is 2.17. The van der Waals surface area contributed by atoms with Crippen molar-refractivity contribution >= 4 is 10.0 Å². The Balaban J connectivity index is 1.78. The quantitative estimate of drug-likeness (QED) is 0.533. The number of methoxy groups -OCH3 is 2. The molecule has 0 aliphatic rings. The molecule has 1 heterocycles. The van der Waals surface area contributed by atoms with E-state index in [2.05, 4.69) is 9.71 Å². The second kappa shape index (κ2) is 8.97. The molecule has 0 radical (unpaired) electrons. The maximum atomic E-state index is 11.1. The Morgan fingerprint density at radius 1 is 0.931 bits per heavy atom. The lowest BCUT2D eigenvalue weighted by atomic mass is 10.1. The highest BCUT2D eigenvalue weighted by Crippen LogP contribution is 2.36. The van der Waals surface area contributed by atoms with Gasteiger partial charge in [-0.1, -0.05) is 0 Å². The molecule has 0 aliphatic heterocycles. The molecule has 0 saturated carbocycles. The Hall–Kier alpha value is -3.04. The molecule has 154 valence electrons. The standard InChI is InChI=1S/C20H22N2O6S/c1-25-16-8-4-14(5-9-16)18-19(28-20(22-18)26-2)15-6-10-17(11-7-15)27-13-12-21-29(3,23)24/h4-11,21H,12-13H2,1-3H3. The fourth-order valence-corrected chi connectivity index (χ4v) is 3.08. The molecule has 0 aliphatic carbocycles. The summed E-state index contributed by atoms with van der Waals surface area (Å²) < 4.78 is 46.1. The predicted molar refractivity (Wildman–Crippen MR) is 109 cm³/mol. The average molecular weight is 418 g/mol. The normalized spacial score (nSPS) is 11.3. The largest absolute Gasteiger partial charge is 0.497 e. The maximum Gasteiger partial charge on any atom is 0.394 e. The van der Waals surface area contributed by atoms with E-state index in [4.69, 9.17) is 18.6 Å². The summed E-state index contributed by atoms with van der Waals surface area (Å²) in [6.45, 7) is 0.418. The minimum atomic E-state index is -3.23. The van der Waals surface area contributed by atoms with E-state index < -0.39 is 10.0 Å².